The molecule has 0 bridgehead atoms. The van der Waals surface area contributed by atoms with Gasteiger partial charge in [-0.2, -0.15) is 21.6 Å². The molecular weight excluding hydrogens is 509 g/mol. The smallest absolute Gasteiger partial charge is 0.416 e. The lowest BCUT2D eigenvalue weighted by atomic mass is 10.1. The number of aliphatic carboxylic acids is 1. The van der Waals surface area contributed by atoms with Gasteiger partial charge in [0.1, 0.15) is 12.4 Å². The maximum atomic E-state index is 13.5. The van der Waals surface area contributed by atoms with E-state index in [0.717, 1.165) is 28.6 Å². The van der Waals surface area contributed by atoms with Crippen LogP contribution in [0.15, 0.2) is 78.0 Å². The van der Waals surface area contributed by atoms with E-state index in [1.807, 2.05) is 0 Å². The van der Waals surface area contributed by atoms with E-state index in [-0.39, 0.29) is 35.5 Å². The van der Waals surface area contributed by atoms with Crippen molar-refractivity contribution < 1.29 is 36.2 Å². The Kier molecular flexibility index (Phi) is 8.59. The van der Waals surface area contributed by atoms with Gasteiger partial charge in [-0.25, -0.2) is 9.78 Å². The fraction of sp³-hybridized carbons (Fsp3) is 0.231. The number of alkyl halides is 3. The molecule has 1 heterocycles. The third-order valence-electron chi connectivity index (χ3n) is 5.07. The summed E-state index contributed by atoms with van der Waals surface area (Å²) in [6.45, 7) is 3.39. The second-order valence-corrected chi connectivity index (χ2v) is 10.3. The Morgan fingerprint density at radius 2 is 1.81 bits per heavy atom. The van der Waals surface area contributed by atoms with Gasteiger partial charge >= 0.3 is 12.1 Å². The number of anilines is 1. The summed E-state index contributed by atoms with van der Waals surface area (Å²) in [6.07, 6.45) is -0.979. The van der Waals surface area contributed by atoms with Crippen LogP contribution in [-0.4, -0.2) is 31.0 Å². The first-order valence-electron chi connectivity index (χ1n) is 11.2. The molecule has 0 saturated heterocycles. The van der Waals surface area contributed by atoms with Crippen molar-refractivity contribution in [2.75, 3.05) is 10.8 Å². The van der Waals surface area contributed by atoms with Gasteiger partial charge < -0.3 is 9.84 Å². The van der Waals surface area contributed by atoms with Crippen molar-refractivity contribution in [3.05, 3.63) is 89.6 Å². The lowest BCUT2D eigenvalue weighted by Crippen LogP contribution is -2.35. The maximum absolute atomic E-state index is 13.5. The van der Waals surface area contributed by atoms with Gasteiger partial charge in [-0.3, -0.25) is 4.31 Å². The number of hydrogen-bond donors (Lipinski definition) is 1. The van der Waals surface area contributed by atoms with Crippen molar-refractivity contribution in [2.24, 2.45) is 5.92 Å². The van der Waals surface area contributed by atoms with Gasteiger partial charge in [-0.15, -0.1) is 0 Å². The molecule has 0 fully saturated rings. The highest BCUT2D eigenvalue weighted by molar-refractivity contribution is 7.92. The summed E-state index contributed by atoms with van der Waals surface area (Å²) >= 11 is 0. The number of pyridine rings is 1. The van der Waals surface area contributed by atoms with E-state index >= 15 is 0 Å². The summed E-state index contributed by atoms with van der Waals surface area (Å²) in [5.74, 6) is -1.53. The molecule has 0 aliphatic heterocycles. The maximum Gasteiger partial charge on any atom is 0.416 e. The fourth-order valence-corrected chi connectivity index (χ4v) is 4.91. The molecule has 0 saturated carbocycles. The summed E-state index contributed by atoms with van der Waals surface area (Å²) < 4.78 is 74.2. The minimum absolute atomic E-state index is 0.0226. The average molecular weight is 535 g/mol. The molecule has 1 N–H and O–H groups in total. The molecule has 0 aliphatic rings. The highest BCUT2D eigenvalue weighted by Crippen LogP contribution is 2.39. The molecule has 3 rings (SSSR count). The minimum Gasteiger partial charge on any atom is -0.487 e. The Morgan fingerprint density at radius 1 is 1.11 bits per heavy atom. The van der Waals surface area contributed by atoms with E-state index in [2.05, 4.69) is 4.98 Å². The van der Waals surface area contributed by atoms with Crippen molar-refractivity contribution in [2.45, 2.75) is 31.7 Å². The first-order chi connectivity index (χ1) is 17.4. The van der Waals surface area contributed by atoms with Gasteiger partial charge in [0, 0.05) is 18.8 Å². The summed E-state index contributed by atoms with van der Waals surface area (Å²) in [5.41, 5.74) is 0.155. The second-order valence-electron chi connectivity index (χ2n) is 8.48. The number of hydrogen-bond acceptors (Lipinski definition) is 5. The number of benzene rings is 2. The van der Waals surface area contributed by atoms with Crippen LogP contribution in [0.25, 0.3) is 6.08 Å². The number of carbonyl (C=O) groups is 1. The van der Waals surface area contributed by atoms with Crippen molar-refractivity contribution in [3.8, 4) is 5.75 Å². The summed E-state index contributed by atoms with van der Waals surface area (Å²) in [7, 11) is -4.22. The number of sulfonamides is 1. The molecule has 37 heavy (non-hydrogen) atoms. The van der Waals surface area contributed by atoms with Gasteiger partial charge in [-0.05, 0) is 53.5 Å². The van der Waals surface area contributed by atoms with Crippen molar-refractivity contribution in [1.29, 1.82) is 0 Å². The first-order valence-corrected chi connectivity index (χ1v) is 12.6. The van der Waals surface area contributed by atoms with Crippen LogP contribution < -0.4 is 9.04 Å². The molecule has 0 spiro atoms. The SMILES string of the molecule is CC(C)CN(c1ccc(C(F)(F)F)cc1OCc1ccc(/C=C/C(=O)O)cc1)S(=O)(=O)c1ccccn1. The molecule has 3 aromatic rings. The predicted molar refractivity (Wildman–Crippen MR) is 132 cm³/mol. The zero-order valence-corrected chi connectivity index (χ0v) is 20.8. The molecule has 0 atom stereocenters. The van der Waals surface area contributed by atoms with Crippen LogP contribution in [0.4, 0.5) is 18.9 Å². The Bertz CT molecular complexity index is 1360. The van der Waals surface area contributed by atoms with Crippen molar-refractivity contribution in [1.82, 2.24) is 4.98 Å². The molecule has 7 nitrogen and oxygen atoms in total. The Morgan fingerprint density at radius 3 is 2.38 bits per heavy atom. The van der Waals surface area contributed by atoms with Crippen molar-refractivity contribution in [3.63, 3.8) is 0 Å². The first kappa shape index (κ1) is 27.7. The van der Waals surface area contributed by atoms with E-state index in [4.69, 9.17) is 9.84 Å². The molecule has 0 aliphatic carbocycles. The van der Waals surface area contributed by atoms with Gasteiger partial charge in [-0.1, -0.05) is 44.2 Å². The van der Waals surface area contributed by atoms with E-state index in [0.29, 0.717) is 11.1 Å². The topological polar surface area (TPSA) is 96.8 Å². The van der Waals surface area contributed by atoms with Gasteiger partial charge in [0.15, 0.2) is 5.03 Å². The molecular formula is C26H25F3N2O5S. The van der Waals surface area contributed by atoms with Gasteiger partial charge in [0.2, 0.25) is 0 Å². The Balaban J connectivity index is 2.01. The molecule has 0 radical (unpaired) electrons. The predicted octanol–water partition coefficient (Wildman–Crippen LogP) is 5.63. The monoisotopic (exact) mass is 534 g/mol. The molecule has 2 aromatic carbocycles. The summed E-state index contributed by atoms with van der Waals surface area (Å²) in [5, 5.41) is 8.49. The Labute approximate surface area is 212 Å². The largest absolute Gasteiger partial charge is 0.487 e. The molecule has 196 valence electrons. The number of ether oxygens (including phenoxy) is 1. The highest BCUT2D eigenvalue weighted by atomic mass is 32.2. The van der Waals surface area contributed by atoms with E-state index in [1.165, 1.54) is 24.4 Å². The summed E-state index contributed by atoms with van der Waals surface area (Å²) in [4.78, 5) is 14.6. The fourth-order valence-electron chi connectivity index (χ4n) is 3.34. The van der Waals surface area contributed by atoms with Crippen LogP contribution in [0.3, 0.4) is 0 Å². The van der Waals surface area contributed by atoms with Crippen LogP contribution in [0.5, 0.6) is 5.75 Å². The molecule has 11 heteroatoms. The molecule has 0 unspecified atom stereocenters. The van der Waals surface area contributed by atoms with Crippen LogP contribution in [0, 0.1) is 5.92 Å². The number of aromatic nitrogens is 1. The zero-order valence-electron chi connectivity index (χ0n) is 20.0. The third kappa shape index (κ3) is 7.32. The van der Waals surface area contributed by atoms with Gasteiger partial charge in [0.25, 0.3) is 10.0 Å². The quantitative estimate of drug-likeness (QED) is 0.339. The van der Waals surface area contributed by atoms with Crippen LogP contribution in [0.2, 0.25) is 0 Å². The van der Waals surface area contributed by atoms with E-state index < -0.39 is 27.7 Å². The van der Waals surface area contributed by atoms with Gasteiger partial charge in [0.05, 0.1) is 11.3 Å². The van der Waals surface area contributed by atoms with Crippen LogP contribution in [0.1, 0.15) is 30.5 Å². The standard InChI is InChI=1S/C26H25F3N2O5S/c1-18(2)16-31(37(34,35)24-5-3-4-14-30-24)22-12-11-21(26(27,28)29)15-23(22)36-17-20-8-6-19(7-9-20)10-13-25(32)33/h3-15,18H,16-17H2,1-2H3,(H,32,33)/b13-10+. The number of carboxylic acids is 1. The highest BCUT2D eigenvalue weighted by Gasteiger charge is 2.34. The van der Waals surface area contributed by atoms with E-state index in [1.54, 1.807) is 44.2 Å². The Hall–Kier alpha value is -3.86. The van der Waals surface area contributed by atoms with Crippen molar-refractivity contribution >= 4 is 27.8 Å². The average Bonchev–Trinajstić information content (AvgIpc) is 2.85. The molecule has 1 aromatic heterocycles. The molecule has 0 amide bonds. The minimum atomic E-state index is -4.67. The number of rotatable bonds is 10. The number of carboxylic acid groups (broad SMARTS) is 1. The lowest BCUT2D eigenvalue weighted by molar-refractivity contribution is -0.137. The zero-order chi connectivity index (χ0) is 27.2. The summed E-state index contributed by atoms with van der Waals surface area (Å²) in [6, 6.07) is 13.6. The third-order valence-corrected chi connectivity index (χ3v) is 6.77. The van der Waals surface area contributed by atoms with Crippen LogP contribution in [-0.2, 0) is 27.6 Å². The number of halogens is 3. The number of nitrogens with zero attached hydrogens (tertiary/aromatic N) is 2. The second kappa shape index (κ2) is 11.5. The normalized spacial score (nSPS) is 12.2. The van der Waals surface area contributed by atoms with E-state index in [9.17, 15) is 26.4 Å². The lowest BCUT2D eigenvalue weighted by Gasteiger charge is -2.28. The van der Waals surface area contributed by atoms with Crippen LogP contribution >= 0.6 is 0 Å².